The number of benzene rings is 1. The van der Waals surface area contributed by atoms with Crippen LogP contribution in [-0.2, 0) is 16.6 Å². The molecule has 1 aromatic heterocycles. The summed E-state index contributed by atoms with van der Waals surface area (Å²) in [6.45, 7) is 3.17. The van der Waals surface area contributed by atoms with E-state index in [0.29, 0.717) is 13.2 Å². The molecule has 0 spiro atoms. The van der Waals surface area contributed by atoms with Crippen molar-refractivity contribution >= 4 is 11.4 Å². The quantitative estimate of drug-likeness (QED) is 0.937. The molecule has 3 heterocycles. The van der Waals surface area contributed by atoms with Crippen molar-refractivity contribution in [3.63, 3.8) is 0 Å². The summed E-state index contributed by atoms with van der Waals surface area (Å²) in [4.78, 5) is 7.24. The lowest BCUT2D eigenvalue weighted by atomic mass is 9.81. The van der Waals surface area contributed by atoms with Crippen LogP contribution in [0, 0.1) is 5.82 Å². The molecule has 24 heavy (non-hydrogen) atoms. The molecule has 1 N–H and O–H groups in total. The number of nitrogens with one attached hydrogen (secondary N) is 1. The topological polar surface area (TPSA) is 37.4 Å². The third-order valence-corrected chi connectivity index (χ3v) is 5.04. The molecule has 0 aliphatic carbocycles. The van der Waals surface area contributed by atoms with Crippen molar-refractivity contribution in [2.24, 2.45) is 0 Å². The van der Waals surface area contributed by atoms with Crippen LogP contribution in [0.1, 0.15) is 17.8 Å². The number of rotatable bonds is 4. The Labute approximate surface area is 141 Å². The first kappa shape index (κ1) is 15.4. The fourth-order valence-corrected chi connectivity index (χ4v) is 3.45. The summed E-state index contributed by atoms with van der Waals surface area (Å²) in [6.07, 6.45) is 2.19. The van der Waals surface area contributed by atoms with Crippen molar-refractivity contribution in [1.29, 1.82) is 0 Å². The first-order valence-corrected chi connectivity index (χ1v) is 8.45. The number of nitrogens with zero attached hydrogens (tertiary/aromatic N) is 2. The van der Waals surface area contributed by atoms with E-state index in [-0.39, 0.29) is 11.2 Å². The van der Waals surface area contributed by atoms with Gasteiger partial charge >= 0.3 is 0 Å². The van der Waals surface area contributed by atoms with E-state index in [1.807, 2.05) is 0 Å². The second-order valence-corrected chi connectivity index (χ2v) is 6.82. The molecule has 0 amide bonds. The van der Waals surface area contributed by atoms with E-state index < -0.39 is 0 Å². The van der Waals surface area contributed by atoms with Gasteiger partial charge in [0.2, 0.25) is 0 Å². The monoisotopic (exact) mass is 327 g/mol. The molecule has 0 unspecified atom stereocenters. The van der Waals surface area contributed by atoms with Crippen molar-refractivity contribution in [1.82, 2.24) is 4.98 Å². The van der Waals surface area contributed by atoms with Gasteiger partial charge in [0.25, 0.3) is 0 Å². The highest BCUT2D eigenvalue weighted by atomic mass is 19.1. The Kier molecular flexibility index (Phi) is 3.88. The van der Waals surface area contributed by atoms with Gasteiger partial charge in [0.1, 0.15) is 5.82 Å². The average molecular weight is 327 g/mol. The van der Waals surface area contributed by atoms with Crippen LogP contribution >= 0.6 is 0 Å². The lowest BCUT2D eigenvalue weighted by molar-refractivity contribution is -0.0550. The zero-order valence-corrected chi connectivity index (χ0v) is 13.9. The number of pyridine rings is 1. The second kappa shape index (κ2) is 6.06. The minimum Gasteiger partial charge on any atom is -0.384 e. The molecule has 1 fully saturated rings. The number of halogens is 1. The molecule has 4 rings (SSSR count). The highest BCUT2D eigenvalue weighted by molar-refractivity contribution is 5.53. The summed E-state index contributed by atoms with van der Waals surface area (Å²) in [6, 6.07) is 10.8. The Morgan fingerprint density at radius 2 is 2.00 bits per heavy atom. The maximum Gasteiger partial charge on any atom is 0.123 e. The number of ether oxygens (including phenoxy) is 1. The van der Waals surface area contributed by atoms with Crippen molar-refractivity contribution in [3.05, 3.63) is 53.6 Å². The number of fused-ring (bicyclic) bond motifs is 1. The smallest absolute Gasteiger partial charge is 0.123 e. The summed E-state index contributed by atoms with van der Waals surface area (Å²) in [5.41, 5.74) is 4.35. The van der Waals surface area contributed by atoms with Gasteiger partial charge in [-0.1, -0.05) is 0 Å². The van der Waals surface area contributed by atoms with Gasteiger partial charge < -0.3 is 15.0 Å². The summed E-state index contributed by atoms with van der Waals surface area (Å²) in [7, 11) is 2.12. The van der Waals surface area contributed by atoms with E-state index in [0.717, 1.165) is 37.3 Å². The summed E-state index contributed by atoms with van der Waals surface area (Å²) < 4.78 is 18.5. The molecule has 0 saturated carbocycles. The van der Waals surface area contributed by atoms with E-state index in [2.05, 4.69) is 29.4 Å². The minimum absolute atomic E-state index is 0.0978. The molecule has 126 valence electrons. The molecular weight excluding hydrogens is 305 g/mol. The predicted octanol–water partition coefficient (Wildman–Crippen LogP) is 2.98. The molecule has 1 aromatic carbocycles. The van der Waals surface area contributed by atoms with Crippen LogP contribution in [0.2, 0.25) is 0 Å². The lowest BCUT2D eigenvalue weighted by Crippen LogP contribution is -2.52. The molecule has 5 heteroatoms. The zero-order valence-electron chi connectivity index (χ0n) is 13.9. The zero-order chi connectivity index (χ0) is 16.6. The normalized spacial score (nSPS) is 18.7. The molecule has 2 aliphatic heterocycles. The van der Waals surface area contributed by atoms with Crippen LogP contribution in [0.15, 0.2) is 36.4 Å². The van der Waals surface area contributed by atoms with Gasteiger partial charge in [-0.2, -0.15) is 0 Å². The van der Waals surface area contributed by atoms with Crippen LogP contribution < -0.4 is 10.2 Å². The van der Waals surface area contributed by atoms with Crippen LogP contribution in [0.5, 0.6) is 0 Å². The van der Waals surface area contributed by atoms with E-state index >= 15 is 0 Å². The molecule has 2 aliphatic rings. The molecule has 2 aromatic rings. The molecule has 4 nitrogen and oxygen atoms in total. The van der Waals surface area contributed by atoms with Crippen molar-refractivity contribution in [2.75, 3.05) is 43.6 Å². The molecule has 0 bridgehead atoms. The average Bonchev–Trinajstić information content (AvgIpc) is 2.56. The predicted molar refractivity (Wildman–Crippen MR) is 93.2 cm³/mol. The number of hydrogen-bond donors (Lipinski definition) is 1. The third-order valence-electron chi connectivity index (χ3n) is 5.04. The Hall–Kier alpha value is -2.14. The van der Waals surface area contributed by atoms with E-state index in [1.165, 1.54) is 23.5 Å². The Morgan fingerprint density at radius 3 is 2.71 bits per heavy atom. The van der Waals surface area contributed by atoms with E-state index in [1.54, 1.807) is 12.1 Å². The largest absolute Gasteiger partial charge is 0.384 e. The number of aromatic nitrogens is 1. The molecule has 0 radical (unpaired) electrons. The van der Waals surface area contributed by atoms with Gasteiger partial charge in [-0.25, -0.2) is 4.39 Å². The van der Waals surface area contributed by atoms with Gasteiger partial charge in [-0.05, 0) is 49.2 Å². The third kappa shape index (κ3) is 2.73. The summed E-state index contributed by atoms with van der Waals surface area (Å²) in [5, 5.41) is 3.40. The fourth-order valence-electron chi connectivity index (χ4n) is 3.45. The van der Waals surface area contributed by atoms with Crippen LogP contribution in [0.4, 0.5) is 15.8 Å². The summed E-state index contributed by atoms with van der Waals surface area (Å²) >= 11 is 0. The van der Waals surface area contributed by atoms with Gasteiger partial charge in [-0.15, -0.1) is 0 Å². The molecular formula is C19H22FN3O. The lowest BCUT2D eigenvalue weighted by Gasteiger charge is -2.42. The van der Waals surface area contributed by atoms with E-state index in [4.69, 9.17) is 9.72 Å². The van der Waals surface area contributed by atoms with Gasteiger partial charge in [-0.3, -0.25) is 4.98 Å². The fraction of sp³-hybridized carbons (Fsp3) is 0.421. The van der Waals surface area contributed by atoms with Crippen LogP contribution in [0.25, 0.3) is 0 Å². The number of aryl methyl sites for hydroxylation is 1. The SMILES string of the molecule is CN1CCCc2nc(C3(CNc4ccc(F)cc4)COC3)ccc21. The summed E-state index contributed by atoms with van der Waals surface area (Å²) in [5.74, 6) is -0.220. The van der Waals surface area contributed by atoms with Gasteiger partial charge in [0.05, 0.1) is 35.7 Å². The van der Waals surface area contributed by atoms with E-state index in [9.17, 15) is 4.39 Å². The van der Waals surface area contributed by atoms with Crippen molar-refractivity contribution in [2.45, 2.75) is 18.3 Å². The van der Waals surface area contributed by atoms with Gasteiger partial charge in [0, 0.05) is 25.8 Å². The highest BCUT2D eigenvalue weighted by Gasteiger charge is 2.42. The molecule has 0 atom stereocenters. The highest BCUT2D eigenvalue weighted by Crippen LogP contribution is 2.34. The molecule has 1 saturated heterocycles. The Balaban J connectivity index is 1.55. The maximum atomic E-state index is 13.0. The minimum atomic E-state index is -0.220. The van der Waals surface area contributed by atoms with Crippen LogP contribution in [0.3, 0.4) is 0 Å². The Bertz CT molecular complexity index is 728. The van der Waals surface area contributed by atoms with Crippen molar-refractivity contribution < 1.29 is 9.13 Å². The van der Waals surface area contributed by atoms with Crippen molar-refractivity contribution in [3.8, 4) is 0 Å². The Morgan fingerprint density at radius 1 is 1.21 bits per heavy atom. The van der Waals surface area contributed by atoms with Gasteiger partial charge in [0.15, 0.2) is 0 Å². The number of hydrogen-bond acceptors (Lipinski definition) is 4. The first-order chi connectivity index (χ1) is 11.7. The first-order valence-electron chi connectivity index (χ1n) is 8.45. The maximum absolute atomic E-state index is 13.0. The standard InChI is InChI=1S/C19H22FN3O/c1-23-10-2-3-16-17(23)8-9-18(22-16)19(12-24-13-19)11-21-15-6-4-14(20)5-7-15/h4-9,21H,2-3,10-13H2,1H3. The number of anilines is 2. The second-order valence-electron chi connectivity index (χ2n) is 6.82. The van der Waals surface area contributed by atoms with Crippen LogP contribution in [-0.4, -0.2) is 38.3 Å².